The van der Waals surface area contributed by atoms with E-state index < -0.39 is 0 Å². The van der Waals surface area contributed by atoms with E-state index in [9.17, 15) is 9.90 Å². The van der Waals surface area contributed by atoms with Gasteiger partial charge in [0.2, 0.25) is 5.91 Å². The van der Waals surface area contributed by atoms with E-state index in [1.165, 1.54) is 12.8 Å². The maximum atomic E-state index is 12.2. The lowest BCUT2D eigenvalue weighted by Gasteiger charge is -2.16. The van der Waals surface area contributed by atoms with Gasteiger partial charge in [0, 0.05) is 25.6 Å². The summed E-state index contributed by atoms with van der Waals surface area (Å²) < 4.78 is 0. The van der Waals surface area contributed by atoms with Crippen LogP contribution in [0.2, 0.25) is 0 Å². The third-order valence-electron chi connectivity index (χ3n) is 4.56. The molecule has 2 atom stereocenters. The number of carbonyl (C=O) groups excluding carboxylic acids is 1. The van der Waals surface area contributed by atoms with Crippen molar-refractivity contribution in [1.29, 1.82) is 0 Å². The van der Waals surface area contributed by atoms with E-state index in [1.54, 1.807) is 12.1 Å². The van der Waals surface area contributed by atoms with Gasteiger partial charge in [-0.15, -0.1) is 0 Å². The molecule has 0 aromatic heterocycles. The number of rotatable bonds is 4. The molecule has 2 fully saturated rings. The number of aromatic hydroxyl groups is 1. The van der Waals surface area contributed by atoms with Crippen LogP contribution in [-0.2, 0) is 11.2 Å². The minimum Gasteiger partial charge on any atom is -0.508 e. The van der Waals surface area contributed by atoms with Gasteiger partial charge in [0.1, 0.15) is 5.75 Å². The fourth-order valence-corrected chi connectivity index (χ4v) is 3.15. The molecule has 1 heterocycles. The molecule has 3 N–H and O–H groups in total. The molecule has 1 amide bonds. The summed E-state index contributed by atoms with van der Waals surface area (Å²) >= 11 is 0. The van der Waals surface area contributed by atoms with Crippen LogP contribution in [0.25, 0.3) is 0 Å². The predicted octanol–water partition coefficient (Wildman–Crippen LogP) is 1.52. The maximum Gasteiger partial charge on any atom is 0.222 e. The summed E-state index contributed by atoms with van der Waals surface area (Å²) in [6.45, 7) is 1.57. The number of hydrogen-bond donors (Lipinski definition) is 2. The van der Waals surface area contributed by atoms with Gasteiger partial charge < -0.3 is 15.7 Å². The van der Waals surface area contributed by atoms with E-state index in [-0.39, 0.29) is 17.7 Å². The van der Waals surface area contributed by atoms with Gasteiger partial charge in [-0.1, -0.05) is 12.1 Å². The highest BCUT2D eigenvalue weighted by Crippen LogP contribution is 2.40. The fourth-order valence-electron chi connectivity index (χ4n) is 3.15. The number of benzene rings is 1. The highest BCUT2D eigenvalue weighted by molar-refractivity contribution is 5.77. The van der Waals surface area contributed by atoms with Gasteiger partial charge in [0.15, 0.2) is 0 Å². The van der Waals surface area contributed by atoms with Gasteiger partial charge in [0.05, 0.1) is 0 Å². The van der Waals surface area contributed by atoms with Gasteiger partial charge in [-0.05, 0) is 48.8 Å². The lowest BCUT2D eigenvalue weighted by molar-refractivity contribution is -0.130. The predicted molar refractivity (Wildman–Crippen MR) is 77.2 cm³/mol. The molecule has 1 aromatic rings. The van der Waals surface area contributed by atoms with Crippen LogP contribution in [-0.4, -0.2) is 35.0 Å². The number of aryl methyl sites for hydroxylation is 1. The average Bonchev–Trinajstić information content (AvgIpc) is 3.21. The Morgan fingerprint density at radius 2 is 1.95 bits per heavy atom. The Morgan fingerprint density at radius 3 is 2.60 bits per heavy atom. The number of likely N-dealkylation sites (tertiary alicyclic amines) is 1. The molecule has 2 unspecified atom stereocenters. The van der Waals surface area contributed by atoms with Crippen LogP contribution in [0.1, 0.15) is 24.8 Å². The second-order valence-electron chi connectivity index (χ2n) is 6.13. The molecule has 0 spiro atoms. The molecule has 3 rings (SSSR count). The minimum atomic E-state index is 0.167. The molecular weight excluding hydrogens is 252 g/mol. The van der Waals surface area contributed by atoms with E-state index in [1.807, 2.05) is 17.0 Å². The summed E-state index contributed by atoms with van der Waals surface area (Å²) in [5.74, 6) is 1.75. The van der Waals surface area contributed by atoms with Gasteiger partial charge in [-0.3, -0.25) is 4.79 Å². The van der Waals surface area contributed by atoms with Crippen molar-refractivity contribution in [3.8, 4) is 5.75 Å². The van der Waals surface area contributed by atoms with Crippen LogP contribution < -0.4 is 5.73 Å². The van der Waals surface area contributed by atoms with Crippen molar-refractivity contribution in [1.82, 2.24) is 4.90 Å². The molecule has 2 aliphatic rings. The van der Waals surface area contributed by atoms with E-state index in [0.29, 0.717) is 12.3 Å². The molecule has 1 saturated heterocycles. The van der Waals surface area contributed by atoms with Crippen molar-refractivity contribution in [3.05, 3.63) is 29.8 Å². The molecular formula is C16H22N2O2. The molecule has 4 heteroatoms. The van der Waals surface area contributed by atoms with E-state index in [2.05, 4.69) is 0 Å². The summed E-state index contributed by atoms with van der Waals surface area (Å²) in [6, 6.07) is 7.22. The number of phenolic OH excluding ortho intramolecular Hbond substituents is 1. The summed E-state index contributed by atoms with van der Waals surface area (Å²) in [5, 5.41) is 9.23. The maximum absolute atomic E-state index is 12.2. The van der Waals surface area contributed by atoms with Crippen molar-refractivity contribution in [2.75, 3.05) is 13.1 Å². The first-order chi connectivity index (χ1) is 9.63. The van der Waals surface area contributed by atoms with Crippen LogP contribution >= 0.6 is 0 Å². The third kappa shape index (κ3) is 2.96. The SMILES string of the molecule is NC1CN(C(=O)CCc2ccc(O)cc2)CC1C1CC1. The van der Waals surface area contributed by atoms with Crippen LogP contribution in [0.4, 0.5) is 0 Å². The molecule has 4 nitrogen and oxygen atoms in total. The second kappa shape index (κ2) is 5.44. The Labute approximate surface area is 119 Å². The molecule has 20 heavy (non-hydrogen) atoms. The lowest BCUT2D eigenvalue weighted by Crippen LogP contribution is -2.32. The molecule has 0 radical (unpaired) electrons. The standard InChI is InChI=1S/C16H22N2O2/c17-15-10-18(9-14(15)12-4-5-12)16(20)8-3-11-1-6-13(19)7-2-11/h1-2,6-7,12,14-15,19H,3-5,8-10,17H2. The molecule has 108 valence electrons. The number of nitrogens with zero attached hydrogens (tertiary/aromatic N) is 1. The molecule has 1 aliphatic carbocycles. The second-order valence-corrected chi connectivity index (χ2v) is 6.13. The summed E-state index contributed by atoms with van der Waals surface area (Å²) in [7, 11) is 0. The zero-order valence-electron chi connectivity index (χ0n) is 11.7. The van der Waals surface area contributed by atoms with Crippen molar-refractivity contribution in [2.24, 2.45) is 17.6 Å². The summed E-state index contributed by atoms with van der Waals surface area (Å²) in [6.07, 6.45) is 3.82. The van der Waals surface area contributed by atoms with Gasteiger partial charge in [-0.2, -0.15) is 0 Å². The number of nitrogens with two attached hydrogens (primary N) is 1. The number of phenols is 1. The van der Waals surface area contributed by atoms with E-state index in [4.69, 9.17) is 5.73 Å². The normalized spacial score (nSPS) is 25.9. The highest BCUT2D eigenvalue weighted by Gasteiger charge is 2.41. The highest BCUT2D eigenvalue weighted by atomic mass is 16.3. The average molecular weight is 274 g/mol. The molecule has 0 bridgehead atoms. The molecule has 1 aliphatic heterocycles. The van der Waals surface area contributed by atoms with Crippen molar-refractivity contribution < 1.29 is 9.90 Å². The Hall–Kier alpha value is -1.55. The van der Waals surface area contributed by atoms with Crippen LogP contribution in [0.5, 0.6) is 5.75 Å². The van der Waals surface area contributed by atoms with Crippen LogP contribution in [0.3, 0.4) is 0 Å². The van der Waals surface area contributed by atoms with Gasteiger partial charge in [-0.25, -0.2) is 0 Å². The summed E-state index contributed by atoms with van der Waals surface area (Å²) in [5.41, 5.74) is 7.23. The largest absolute Gasteiger partial charge is 0.508 e. The quantitative estimate of drug-likeness (QED) is 0.875. The lowest BCUT2D eigenvalue weighted by atomic mass is 9.99. The monoisotopic (exact) mass is 274 g/mol. The Morgan fingerprint density at radius 1 is 1.25 bits per heavy atom. The Bertz CT molecular complexity index is 482. The smallest absolute Gasteiger partial charge is 0.222 e. The van der Waals surface area contributed by atoms with Gasteiger partial charge >= 0.3 is 0 Å². The first-order valence-electron chi connectivity index (χ1n) is 7.45. The fraction of sp³-hybridized carbons (Fsp3) is 0.562. The van der Waals surface area contributed by atoms with E-state index in [0.717, 1.165) is 31.0 Å². The molecule has 1 aromatic carbocycles. The first kappa shape index (κ1) is 13.4. The Kier molecular flexibility index (Phi) is 3.66. The van der Waals surface area contributed by atoms with Gasteiger partial charge in [0.25, 0.3) is 0 Å². The number of carbonyl (C=O) groups is 1. The van der Waals surface area contributed by atoms with E-state index >= 15 is 0 Å². The third-order valence-corrected chi connectivity index (χ3v) is 4.56. The molecule has 1 saturated carbocycles. The number of hydrogen-bond acceptors (Lipinski definition) is 3. The zero-order valence-corrected chi connectivity index (χ0v) is 11.7. The Balaban J connectivity index is 1.50. The first-order valence-corrected chi connectivity index (χ1v) is 7.45. The van der Waals surface area contributed by atoms with Crippen molar-refractivity contribution >= 4 is 5.91 Å². The minimum absolute atomic E-state index is 0.167. The van der Waals surface area contributed by atoms with Crippen molar-refractivity contribution in [2.45, 2.75) is 31.7 Å². The van der Waals surface area contributed by atoms with Crippen molar-refractivity contribution in [3.63, 3.8) is 0 Å². The summed E-state index contributed by atoms with van der Waals surface area (Å²) in [4.78, 5) is 14.2. The van der Waals surface area contributed by atoms with Crippen LogP contribution in [0, 0.1) is 11.8 Å². The zero-order chi connectivity index (χ0) is 14.1. The number of amides is 1. The van der Waals surface area contributed by atoms with Crippen LogP contribution in [0.15, 0.2) is 24.3 Å². The topological polar surface area (TPSA) is 66.6 Å².